The lowest BCUT2D eigenvalue weighted by Crippen LogP contribution is -2.13. The lowest BCUT2D eigenvalue weighted by atomic mass is 10.1. The molecule has 0 aliphatic rings. The minimum Gasteiger partial charge on any atom is -0.496 e. The lowest BCUT2D eigenvalue weighted by molar-refractivity contribution is 0.181. The summed E-state index contributed by atoms with van der Waals surface area (Å²) in [6.07, 6.45) is 0. The van der Waals surface area contributed by atoms with Crippen molar-refractivity contribution in [2.24, 2.45) is 5.73 Å². The maximum absolute atomic E-state index is 7.37. The number of hydrogen-bond acceptors (Lipinski definition) is 3. The Bertz CT molecular complexity index is 337. The van der Waals surface area contributed by atoms with E-state index in [0.717, 1.165) is 5.56 Å². The van der Waals surface area contributed by atoms with Crippen LogP contribution in [0.4, 0.5) is 0 Å². The molecule has 76 valence electrons. The summed E-state index contributed by atoms with van der Waals surface area (Å²) >= 11 is 0. The monoisotopic (exact) mass is 194 g/mol. The van der Waals surface area contributed by atoms with Crippen molar-refractivity contribution in [1.82, 2.24) is 0 Å². The van der Waals surface area contributed by atoms with E-state index in [0.29, 0.717) is 17.9 Å². The van der Waals surface area contributed by atoms with Crippen LogP contribution in [0, 0.1) is 5.41 Å². The van der Waals surface area contributed by atoms with Gasteiger partial charge in [-0.2, -0.15) is 0 Å². The summed E-state index contributed by atoms with van der Waals surface area (Å²) in [5.41, 5.74) is 6.91. The zero-order chi connectivity index (χ0) is 10.6. The Kier molecular flexibility index (Phi) is 3.48. The van der Waals surface area contributed by atoms with Gasteiger partial charge in [0.15, 0.2) is 0 Å². The van der Waals surface area contributed by atoms with Crippen molar-refractivity contribution >= 4 is 5.84 Å². The first-order valence-corrected chi connectivity index (χ1v) is 4.20. The van der Waals surface area contributed by atoms with Gasteiger partial charge >= 0.3 is 0 Å². The van der Waals surface area contributed by atoms with E-state index in [2.05, 4.69) is 0 Å². The number of nitrogen functional groups attached to an aromatic ring is 1. The largest absolute Gasteiger partial charge is 0.496 e. The summed E-state index contributed by atoms with van der Waals surface area (Å²) in [5, 5.41) is 7.37. The number of nitrogens with one attached hydrogen (secondary N) is 1. The highest BCUT2D eigenvalue weighted by atomic mass is 16.5. The molecule has 0 saturated heterocycles. The Morgan fingerprint density at radius 3 is 2.64 bits per heavy atom. The molecule has 0 saturated carbocycles. The lowest BCUT2D eigenvalue weighted by Gasteiger charge is -2.11. The summed E-state index contributed by atoms with van der Waals surface area (Å²) < 4.78 is 10.2. The van der Waals surface area contributed by atoms with Crippen LogP contribution in [0.5, 0.6) is 5.75 Å². The second kappa shape index (κ2) is 4.62. The number of benzene rings is 1. The average molecular weight is 194 g/mol. The quantitative estimate of drug-likeness (QED) is 0.557. The standard InChI is InChI=1S/C10H14N2O2/c1-13-6-7-4-3-5-8(10(11)12)9(7)14-2/h3-5H,6H2,1-2H3,(H3,11,12). The van der Waals surface area contributed by atoms with Crippen LogP contribution in [0.2, 0.25) is 0 Å². The van der Waals surface area contributed by atoms with Gasteiger partial charge in [0.25, 0.3) is 0 Å². The van der Waals surface area contributed by atoms with Crippen molar-refractivity contribution in [3.63, 3.8) is 0 Å². The normalized spacial score (nSPS) is 9.86. The summed E-state index contributed by atoms with van der Waals surface area (Å²) in [6.45, 7) is 0.449. The van der Waals surface area contributed by atoms with E-state index >= 15 is 0 Å². The summed E-state index contributed by atoms with van der Waals surface area (Å²) in [4.78, 5) is 0. The molecular formula is C10H14N2O2. The Balaban J connectivity index is 3.17. The Labute approximate surface area is 83.1 Å². The number of rotatable bonds is 4. The molecule has 0 aliphatic carbocycles. The molecule has 0 amide bonds. The molecule has 0 spiro atoms. The van der Waals surface area contributed by atoms with Gasteiger partial charge in [-0.05, 0) is 6.07 Å². The van der Waals surface area contributed by atoms with Gasteiger partial charge in [-0.15, -0.1) is 0 Å². The van der Waals surface area contributed by atoms with Gasteiger partial charge in [-0.25, -0.2) is 0 Å². The maximum atomic E-state index is 7.37. The van der Waals surface area contributed by atoms with Gasteiger partial charge in [0.2, 0.25) is 0 Å². The number of nitrogens with two attached hydrogens (primary N) is 1. The van der Waals surface area contributed by atoms with E-state index < -0.39 is 0 Å². The molecule has 1 aromatic carbocycles. The smallest absolute Gasteiger partial charge is 0.135 e. The van der Waals surface area contributed by atoms with Crippen molar-refractivity contribution in [2.75, 3.05) is 14.2 Å². The zero-order valence-corrected chi connectivity index (χ0v) is 8.33. The number of para-hydroxylation sites is 1. The molecule has 0 atom stereocenters. The van der Waals surface area contributed by atoms with Crippen LogP contribution in [-0.4, -0.2) is 20.1 Å². The van der Waals surface area contributed by atoms with Gasteiger partial charge in [0.05, 0.1) is 19.3 Å². The fourth-order valence-corrected chi connectivity index (χ4v) is 1.31. The number of methoxy groups -OCH3 is 2. The van der Waals surface area contributed by atoms with E-state index in [-0.39, 0.29) is 5.84 Å². The number of ether oxygens (including phenoxy) is 2. The van der Waals surface area contributed by atoms with Crippen LogP contribution in [0.15, 0.2) is 18.2 Å². The molecule has 0 bridgehead atoms. The van der Waals surface area contributed by atoms with Crippen LogP contribution < -0.4 is 10.5 Å². The average Bonchev–Trinajstić information content (AvgIpc) is 2.18. The van der Waals surface area contributed by atoms with Crippen molar-refractivity contribution < 1.29 is 9.47 Å². The maximum Gasteiger partial charge on any atom is 0.135 e. The second-order valence-corrected chi connectivity index (χ2v) is 2.84. The highest BCUT2D eigenvalue weighted by molar-refractivity contribution is 5.98. The molecule has 0 heterocycles. The predicted molar refractivity (Wildman–Crippen MR) is 54.7 cm³/mol. The van der Waals surface area contributed by atoms with Gasteiger partial charge in [0.1, 0.15) is 11.6 Å². The van der Waals surface area contributed by atoms with Crippen molar-refractivity contribution in [1.29, 1.82) is 5.41 Å². The molecule has 0 aromatic heterocycles. The molecule has 0 unspecified atom stereocenters. The second-order valence-electron chi connectivity index (χ2n) is 2.84. The molecule has 4 heteroatoms. The van der Waals surface area contributed by atoms with Crippen LogP contribution in [0.3, 0.4) is 0 Å². The topological polar surface area (TPSA) is 68.3 Å². The Morgan fingerprint density at radius 1 is 1.43 bits per heavy atom. The number of hydrogen-bond donors (Lipinski definition) is 2. The fraction of sp³-hybridized carbons (Fsp3) is 0.300. The first kappa shape index (κ1) is 10.5. The summed E-state index contributed by atoms with van der Waals surface area (Å²) in [6, 6.07) is 5.46. The summed E-state index contributed by atoms with van der Waals surface area (Å²) in [7, 11) is 3.17. The highest BCUT2D eigenvalue weighted by Gasteiger charge is 2.10. The molecule has 3 N–H and O–H groups in total. The molecule has 4 nitrogen and oxygen atoms in total. The molecule has 14 heavy (non-hydrogen) atoms. The van der Waals surface area contributed by atoms with Crippen molar-refractivity contribution in [3.8, 4) is 5.75 Å². The van der Waals surface area contributed by atoms with E-state index in [9.17, 15) is 0 Å². The van der Waals surface area contributed by atoms with Crippen molar-refractivity contribution in [2.45, 2.75) is 6.61 Å². The van der Waals surface area contributed by atoms with Gasteiger partial charge in [-0.1, -0.05) is 12.1 Å². The molecule has 0 aliphatic heterocycles. The minimum absolute atomic E-state index is 0.000182. The molecule has 0 radical (unpaired) electrons. The highest BCUT2D eigenvalue weighted by Crippen LogP contribution is 2.23. The van der Waals surface area contributed by atoms with Crippen LogP contribution >= 0.6 is 0 Å². The van der Waals surface area contributed by atoms with E-state index in [4.69, 9.17) is 20.6 Å². The Morgan fingerprint density at radius 2 is 2.14 bits per heavy atom. The third kappa shape index (κ3) is 2.03. The third-order valence-corrected chi connectivity index (χ3v) is 1.89. The van der Waals surface area contributed by atoms with E-state index in [1.54, 1.807) is 20.3 Å². The zero-order valence-electron chi connectivity index (χ0n) is 8.33. The molecule has 1 aromatic rings. The molecule has 0 fully saturated rings. The van der Waals surface area contributed by atoms with Crippen LogP contribution in [-0.2, 0) is 11.3 Å². The number of amidine groups is 1. The van der Waals surface area contributed by atoms with Crippen LogP contribution in [0.25, 0.3) is 0 Å². The van der Waals surface area contributed by atoms with E-state index in [1.807, 2.05) is 12.1 Å². The molecule has 1 rings (SSSR count). The Hall–Kier alpha value is -1.55. The fourth-order valence-electron chi connectivity index (χ4n) is 1.31. The SMILES string of the molecule is COCc1cccc(C(=N)N)c1OC. The van der Waals surface area contributed by atoms with Crippen LogP contribution in [0.1, 0.15) is 11.1 Å². The van der Waals surface area contributed by atoms with Gasteiger partial charge < -0.3 is 15.2 Å². The van der Waals surface area contributed by atoms with Crippen molar-refractivity contribution in [3.05, 3.63) is 29.3 Å². The third-order valence-electron chi connectivity index (χ3n) is 1.89. The van der Waals surface area contributed by atoms with Gasteiger partial charge in [0, 0.05) is 12.7 Å². The molecular weight excluding hydrogens is 180 g/mol. The van der Waals surface area contributed by atoms with Gasteiger partial charge in [-0.3, -0.25) is 5.41 Å². The van der Waals surface area contributed by atoms with E-state index in [1.165, 1.54) is 0 Å². The predicted octanol–water partition coefficient (Wildman–Crippen LogP) is 1.13. The first-order valence-electron chi connectivity index (χ1n) is 4.20. The first-order chi connectivity index (χ1) is 6.70. The minimum atomic E-state index is -0.000182. The summed E-state index contributed by atoms with van der Waals surface area (Å²) in [5.74, 6) is 0.613.